The summed E-state index contributed by atoms with van der Waals surface area (Å²) in [5, 5.41) is 0. The van der Waals surface area contributed by atoms with Gasteiger partial charge in [-0.1, -0.05) is 0 Å². The summed E-state index contributed by atoms with van der Waals surface area (Å²) in [6.45, 7) is 4.79. The first-order chi connectivity index (χ1) is 6.15. The van der Waals surface area contributed by atoms with Crippen LogP contribution in [0.15, 0.2) is 0 Å². The number of hydrogen-bond donors (Lipinski definition) is 0. The van der Waals surface area contributed by atoms with Crippen molar-refractivity contribution in [3.8, 4) is 0 Å². The quantitative estimate of drug-likeness (QED) is 0.621. The van der Waals surface area contributed by atoms with E-state index in [4.69, 9.17) is 11.6 Å². The summed E-state index contributed by atoms with van der Waals surface area (Å²) in [5.74, 6) is 0.620. The van der Waals surface area contributed by atoms with Crippen molar-refractivity contribution >= 4 is 17.5 Å². The highest BCUT2D eigenvalue weighted by atomic mass is 35.5. The predicted octanol–water partition coefficient (Wildman–Crippen LogP) is 0.778. The molecule has 0 aliphatic carbocycles. The maximum absolute atomic E-state index is 11.5. The highest BCUT2D eigenvalue weighted by Crippen LogP contribution is 2.08. The van der Waals surface area contributed by atoms with E-state index >= 15 is 0 Å². The fraction of sp³-hybridized carbons (Fsp3) is 0.889. The normalized spacial score (nSPS) is 24.8. The van der Waals surface area contributed by atoms with E-state index < -0.39 is 0 Å². The molecule has 1 fully saturated rings. The molecule has 1 unspecified atom stereocenters. The van der Waals surface area contributed by atoms with E-state index in [0.717, 1.165) is 19.6 Å². The molecule has 0 radical (unpaired) electrons. The van der Waals surface area contributed by atoms with Crippen LogP contribution in [0.2, 0.25) is 0 Å². The molecule has 4 heteroatoms. The van der Waals surface area contributed by atoms with Gasteiger partial charge in [-0.15, -0.1) is 11.6 Å². The molecular formula is C9H17ClN2O. The Hall–Kier alpha value is -0.280. The summed E-state index contributed by atoms with van der Waals surface area (Å²) >= 11 is 5.52. The molecule has 0 aromatic rings. The largest absolute Gasteiger partial charge is 0.340 e. The lowest BCUT2D eigenvalue weighted by Gasteiger charge is -2.37. The maximum atomic E-state index is 11.5. The molecule has 1 amide bonds. The summed E-state index contributed by atoms with van der Waals surface area (Å²) < 4.78 is 0. The molecule has 0 aromatic heterocycles. The van der Waals surface area contributed by atoms with Crippen molar-refractivity contribution in [2.45, 2.75) is 19.4 Å². The molecular weight excluding hydrogens is 188 g/mol. The third-order valence-electron chi connectivity index (χ3n) is 2.62. The van der Waals surface area contributed by atoms with Gasteiger partial charge in [0, 0.05) is 38.0 Å². The van der Waals surface area contributed by atoms with Crippen molar-refractivity contribution in [2.24, 2.45) is 0 Å². The minimum atomic E-state index is 0.190. The number of piperazine rings is 1. The van der Waals surface area contributed by atoms with Gasteiger partial charge in [0.05, 0.1) is 0 Å². The second kappa shape index (κ2) is 4.82. The molecule has 3 nitrogen and oxygen atoms in total. The van der Waals surface area contributed by atoms with Crippen LogP contribution in [0, 0.1) is 0 Å². The molecule has 1 saturated heterocycles. The van der Waals surface area contributed by atoms with E-state index in [-0.39, 0.29) is 5.91 Å². The third-order valence-corrected chi connectivity index (χ3v) is 2.81. The van der Waals surface area contributed by atoms with Crippen LogP contribution in [0.4, 0.5) is 0 Å². The topological polar surface area (TPSA) is 23.6 Å². The van der Waals surface area contributed by atoms with Crippen LogP contribution in [0.5, 0.6) is 0 Å². The average molecular weight is 205 g/mol. The molecule has 1 heterocycles. The van der Waals surface area contributed by atoms with Gasteiger partial charge in [0.1, 0.15) is 0 Å². The van der Waals surface area contributed by atoms with Crippen molar-refractivity contribution in [3.05, 3.63) is 0 Å². The monoisotopic (exact) mass is 204 g/mol. The Morgan fingerprint density at radius 3 is 2.77 bits per heavy atom. The van der Waals surface area contributed by atoms with Crippen molar-refractivity contribution < 1.29 is 4.79 Å². The van der Waals surface area contributed by atoms with Crippen molar-refractivity contribution in [3.63, 3.8) is 0 Å². The SMILES string of the molecule is CC1CN(C(=O)CCCl)CCN1C. The van der Waals surface area contributed by atoms with Crippen LogP contribution < -0.4 is 0 Å². The van der Waals surface area contributed by atoms with E-state index in [1.807, 2.05) is 4.90 Å². The number of likely N-dealkylation sites (N-methyl/N-ethyl adjacent to an activating group) is 1. The van der Waals surface area contributed by atoms with E-state index in [1.165, 1.54) is 0 Å². The van der Waals surface area contributed by atoms with Gasteiger partial charge in [-0.2, -0.15) is 0 Å². The lowest BCUT2D eigenvalue weighted by Crippen LogP contribution is -2.52. The van der Waals surface area contributed by atoms with Crippen molar-refractivity contribution in [1.82, 2.24) is 9.80 Å². The van der Waals surface area contributed by atoms with Crippen molar-refractivity contribution in [1.29, 1.82) is 0 Å². The zero-order valence-electron chi connectivity index (χ0n) is 8.29. The third kappa shape index (κ3) is 2.85. The lowest BCUT2D eigenvalue weighted by atomic mass is 10.2. The highest BCUT2D eigenvalue weighted by molar-refractivity contribution is 6.18. The fourth-order valence-electron chi connectivity index (χ4n) is 1.51. The molecule has 0 N–H and O–H groups in total. The van der Waals surface area contributed by atoms with Crippen LogP contribution in [-0.2, 0) is 4.79 Å². The fourth-order valence-corrected chi connectivity index (χ4v) is 1.68. The van der Waals surface area contributed by atoms with E-state index in [9.17, 15) is 4.79 Å². The predicted molar refractivity (Wildman–Crippen MR) is 54.0 cm³/mol. The summed E-state index contributed by atoms with van der Waals surface area (Å²) in [7, 11) is 2.09. The van der Waals surface area contributed by atoms with Crippen molar-refractivity contribution in [2.75, 3.05) is 32.6 Å². The summed E-state index contributed by atoms with van der Waals surface area (Å²) in [6.07, 6.45) is 0.470. The highest BCUT2D eigenvalue weighted by Gasteiger charge is 2.23. The number of carbonyl (C=O) groups is 1. The van der Waals surface area contributed by atoms with Crippen LogP contribution >= 0.6 is 11.6 Å². The standard InChI is InChI=1S/C9H17ClN2O/c1-8-7-12(6-5-11(8)2)9(13)3-4-10/h8H,3-7H2,1-2H3. The molecule has 0 bridgehead atoms. The second-order valence-corrected chi connectivity index (χ2v) is 3.99. The molecule has 1 rings (SSSR count). The number of nitrogens with zero attached hydrogens (tertiary/aromatic N) is 2. The van der Waals surface area contributed by atoms with Gasteiger partial charge >= 0.3 is 0 Å². The lowest BCUT2D eigenvalue weighted by molar-refractivity contribution is -0.133. The second-order valence-electron chi connectivity index (χ2n) is 3.61. The zero-order valence-corrected chi connectivity index (χ0v) is 9.05. The Labute approximate surface area is 84.6 Å². The Morgan fingerprint density at radius 1 is 1.54 bits per heavy atom. The minimum Gasteiger partial charge on any atom is -0.340 e. The number of hydrogen-bond acceptors (Lipinski definition) is 2. The average Bonchev–Trinajstić information content (AvgIpc) is 2.10. The van der Waals surface area contributed by atoms with Gasteiger partial charge in [-0.25, -0.2) is 0 Å². The molecule has 0 spiro atoms. The van der Waals surface area contributed by atoms with Gasteiger partial charge in [-0.3, -0.25) is 4.79 Å². The first kappa shape index (κ1) is 10.8. The Balaban J connectivity index is 2.40. The number of halogens is 1. The Kier molecular flexibility index (Phi) is 4.00. The van der Waals surface area contributed by atoms with Crippen LogP contribution in [0.1, 0.15) is 13.3 Å². The summed E-state index contributed by atoms with van der Waals surface area (Å²) in [5.41, 5.74) is 0. The molecule has 1 aliphatic heterocycles. The number of alkyl halides is 1. The number of amides is 1. The molecule has 0 aromatic carbocycles. The smallest absolute Gasteiger partial charge is 0.223 e. The summed E-state index contributed by atoms with van der Waals surface area (Å²) in [4.78, 5) is 15.7. The van der Waals surface area contributed by atoms with Gasteiger partial charge in [0.25, 0.3) is 0 Å². The minimum absolute atomic E-state index is 0.190. The van der Waals surface area contributed by atoms with Gasteiger partial charge in [0.15, 0.2) is 0 Å². The molecule has 0 saturated carbocycles. The zero-order chi connectivity index (χ0) is 9.84. The van der Waals surface area contributed by atoms with Crippen LogP contribution in [0.25, 0.3) is 0 Å². The van der Waals surface area contributed by atoms with E-state index in [0.29, 0.717) is 18.3 Å². The molecule has 76 valence electrons. The number of rotatable bonds is 2. The molecule has 1 atom stereocenters. The van der Waals surface area contributed by atoms with Gasteiger partial charge < -0.3 is 9.80 Å². The summed E-state index contributed by atoms with van der Waals surface area (Å²) in [6, 6.07) is 0.466. The first-order valence-corrected chi connectivity index (χ1v) is 5.22. The Morgan fingerprint density at radius 2 is 2.23 bits per heavy atom. The molecule has 1 aliphatic rings. The van der Waals surface area contributed by atoms with Crippen LogP contribution in [0.3, 0.4) is 0 Å². The molecule has 13 heavy (non-hydrogen) atoms. The van der Waals surface area contributed by atoms with Gasteiger partial charge in [-0.05, 0) is 14.0 Å². The number of carbonyl (C=O) groups excluding carboxylic acids is 1. The Bertz CT molecular complexity index is 186. The van der Waals surface area contributed by atoms with E-state index in [2.05, 4.69) is 18.9 Å². The first-order valence-electron chi connectivity index (χ1n) is 4.69. The van der Waals surface area contributed by atoms with Crippen LogP contribution in [-0.4, -0.2) is 54.3 Å². The maximum Gasteiger partial charge on any atom is 0.223 e. The van der Waals surface area contributed by atoms with Gasteiger partial charge in [0.2, 0.25) is 5.91 Å². The van der Waals surface area contributed by atoms with E-state index in [1.54, 1.807) is 0 Å².